The summed E-state index contributed by atoms with van der Waals surface area (Å²) < 4.78 is 0. The topological polar surface area (TPSA) is 58.0 Å². The third-order valence-corrected chi connectivity index (χ3v) is 3.39. The van der Waals surface area contributed by atoms with Crippen molar-refractivity contribution in [3.63, 3.8) is 0 Å². The highest BCUT2D eigenvalue weighted by Crippen LogP contribution is 2.26. The van der Waals surface area contributed by atoms with E-state index in [2.05, 4.69) is 15.3 Å². The molecule has 0 saturated heterocycles. The number of hydrogen-bond acceptors (Lipinski definition) is 4. The monoisotopic (exact) mass is 235 g/mol. The molecule has 1 aromatic heterocycles. The molecule has 0 bridgehead atoms. The smallest absolute Gasteiger partial charge is 0.222 e. The molecule has 4 heteroatoms. The molecule has 4 nitrogen and oxygen atoms in total. The van der Waals surface area contributed by atoms with Crippen LogP contribution in [0, 0.1) is 6.92 Å². The van der Waals surface area contributed by atoms with Gasteiger partial charge in [0, 0.05) is 18.9 Å². The molecule has 0 radical (unpaired) electrons. The lowest BCUT2D eigenvalue weighted by Gasteiger charge is -2.26. The van der Waals surface area contributed by atoms with Crippen LogP contribution >= 0.6 is 0 Å². The Morgan fingerprint density at radius 3 is 2.35 bits per heavy atom. The summed E-state index contributed by atoms with van der Waals surface area (Å²) in [4.78, 5) is 8.37. The van der Waals surface area contributed by atoms with E-state index in [1.54, 1.807) is 12.4 Å². The lowest BCUT2D eigenvalue weighted by Crippen LogP contribution is -2.36. The highest BCUT2D eigenvalue weighted by Gasteiger charge is 2.27. The van der Waals surface area contributed by atoms with Gasteiger partial charge in [-0.2, -0.15) is 0 Å². The quantitative estimate of drug-likeness (QED) is 0.789. The van der Waals surface area contributed by atoms with Crippen LogP contribution in [-0.2, 0) is 0 Å². The lowest BCUT2D eigenvalue weighted by atomic mass is 9.95. The summed E-state index contributed by atoms with van der Waals surface area (Å²) in [6, 6.07) is 0. The molecule has 1 aliphatic carbocycles. The van der Waals surface area contributed by atoms with Crippen molar-refractivity contribution < 1.29 is 5.11 Å². The van der Waals surface area contributed by atoms with Crippen molar-refractivity contribution in [2.24, 2.45) is 0 Å². The van der Waals surface area contributed by atoms with Gasteiger partial charge < -0.3 is 10.4 Å². The van der Waals surface area contributed by atoms with Gasteiger partial charge in [-0.3, -0.25) is 0 Å². The van der Waals surface area contributed by atoms with Gasteiger partial charge in [0.2, 0.25) is 5.95 Å². The van der Waals surface area contributed by atoms with E-state index in [9.17, 15) is 5.11 Å². The lowest BCUT2D eigenvalue weighted by molar-refractivity contribution is 0.0379. The first-order valence-electron chi connectivity index (χ1n) is 6.43. The van der Waals surface area contributed by atoms with Gasteiger partial charge in [0.25, 0.3) is 0 Å². The van der Waals surface area contributed by atoms with Crippen molar-refractivity contribution in [2.75, 3.05) is 11.9 Å². The van der Waals surface area contributed by atoms with Crippen LogP contribution in [0.5, 0.6) is 0 Å². The highest BCUT2D eigenvalue weighted by molar-refractivity contribution is 5.25. The molecule has 17 heavy (non-hydrogen) atoms. The Labute approximate surface area is 102 Å². The van der Waals surface area contributed by atoms with Gasteiger partial charge in [0.05, 0.1) is 5.60 Å². The van der Waals surface area contributed by atoms with E-state index in [0.717, 1.165) is 31.2 Å². The van der Waals surface area contributed by atoms with Gasteiger partial charge >= 0.3 is 0 Å². The van der Waals surface area contributed by atoms with E-state index in [-0.39, 0.29) is 0 Å². The average molecular weight is 235 g/mol. The van der Waals surface area contributed by atoms with Crippen LogP contribution in [-0.4, -0.2) is 27.2 Å². The van der Waals surface area contributed by atoms with E-state index < -0.39 is 5.60 Å². The first-order valence-corrected chi connectivity index (χ1v) is 6.43. The number of aromatic nitrogens is 2. The molecule has 0 unspecified atom stereocenters. The van der Waals surface area contributed by atoms with Crippen LogP contribution in [0.4, 0.5) is 5.95 Å². The number of aryl methyl sites for hydroxylation is 1. The van der Waals surface area contributed by atoms with Gasteiger partial charge in [0.15, 0.2) is 0 Å². The second-order valence-corrected chi connectivity index (χ2v) is 5.08. The van der Waals surface area contributed by atoms with Gasteiger partial charge in [-0.25, -0.2) is 9.97 Å². The summed E-state index contributed by atoms with van der Waals surface area (Å²) >= 11 is 0. The van der Waals surface area contributed by atoms with Crippen molar-refractivity contribution in [2.45, 2.75) is 51.0 Å². The van der Waals surface area contributed by atoms with Crippen molar-refractivity contribution in [1.82, 2.24) is 9.97 Å². The maximum Gasteiger partial charge on any atom is 0.222 e. The maximum absolute atomic E-state index is 10.4. The number of anilines is 1. The number of aliphatic hydroxyl groups is 1. The van der Waals surface area contributed by atoms with Gasteiger partial charge in [-0.15, -0.1) is 0 Å². The third-order valence-electron chi connectivity index (χ3n) is 3.39. The summed E-state index contributed by atoms with van der Waals surface area (Å²) in [5.41, 5.74) is 0.466. The van der Waals surface area contributed by atoms with Gasteiger partial charge in [-0.1, -0.05) is 25.7 Å². The van der Waals surface area contributed by atoms with Crippen LogP contribution in [0.15, 0.2) is 12.4 Å². The molecule has 0 aliphatic heterocycles. The Hall–Kier alpha value is -1.16. The summed E-state index contributed by atoms with van der Waals surface area (Å²) in [5.74, 6) is 0.605. The summed E-state index contributed by atoms with van der Waals surface area (Å²) in [7, 11) is 0. The summed E-state index contributed by atoms with van der Waals surface area (Å²) in [5, 5.41) is 13.6. The molecule has 2 rings (SSSR count). The van der Waals surface area contributed by atoms with Crippen LogP contribution < -0.4 is 5.32 Å². The average Bonchev–Trinajstić information content (AvgIpc) is 2.54. The van der Waals surface area contributed by atoms with E-state index in [1.807, 2.05) is 6.92 Å². The third kappa shape index (κ3) is 3.66. The molecular formula is C13H21N3O. The predicted octanol–water partition coefficient (Wildman–Crippen LogP) is 2.28. The zero-order chi connectivity index (χ0) is 12.1. The van der Waals surface area contributed by atoms with E-state index >= 15 is 0 Å². The normalized spacial score (nSPS) is 19.6. The zero-order valence-electron chi connectivity index (χ0n) is 10.4. The molecule has 1 aromatic rings. The fourth-order valence-electron chi connectivity index (χ4n) is 2.29. The molecular weight excluding hydrogens is 214 g/mol. The largest absolute Gasteiger partial charge is 0.388 e. The molecule has 0 amide bonds. The number of nitrogens with one attached hydrogen (secondary N) is 1. The second kappa shape index (κ2) is 5.45. The maximum atomic E-state index is 10.4. The Morgan fingerprint density at radius 1 is 1.18 bits per heavy atom. The number of hydrogen-bond donors (Lipinski definition) is 2. The van der Waals surface area contributed by atoms with Crippen LogP contribution in [0.1, 0.15) is 44.1 Å². The molecule has 1 heterocycles. The minimum absolute atomic E-state index is 0.552. The molecule has 1 saturated carbocycles. The molecule has 0 aromatic carbocycles. The predicted molar refractivity (Wildman–Crippen MR) is 67.9 cm³/mol. The van der Waals surface area contributed by atoms with E-state index in [4.69, 9.17) is 0 Å². The molecule has 94 valence electrons. The van der Waals surface area contributed by atoms with Crippen LogP contribution in [0.2, 0.25) is 0 Å². The molecule has 0 atom stereocenters. The molecule has 0 spiro atoms. The molecule has 2 N–H and O–H groups in total. The van der Waals surface area contributed by atoms with Crippen molar-refractivity contribution in [3.8, 4) is 0 Å². The minimum atomic E-state index is -0.579. The molecule has 1 fully saturated rings. The summed E-state index contributed by atoms with van der Waals surface area (Å²) in [6.45, 7) is 2.51. The SMILES string of the molecule is Cc1cnc(NCC2(O)CCCCCC2)nc1. The van der Waals surface area contributed by atoms with Crippen LogP contribution in [0.3, 0.4) is 0 Å². The zero-order valence-corrected chi connectivity index (χ0v) is 10.4. The minimum Gasteiger partial charge on any atom is -0.388 e. The standard InChI is InChI=1S/C13H21N3O/c1-11-8-14-12(15-9-11)16-10-13(17)6-4-2-3-5-7-13/h8-9,17H,2-7,10H2,1H3,(H,14,15,16). The Kier molecular flexibility index (Phi) is 3.94. The van der Waals surface area contributed by atoms with Crippen LogP contribution in [0.25, 0.3) is 0 Å². The Morgan fingerprint density at radius 2 is 1.76 bits per heavy atom. The van der Waals surface area contributed by atoms with Gasteiger partial charge in [-0.05, 0) is 25.3 Å². The summed E-state index contributed by atoms with van der Waals surface area (Å²) in [6.07, 6.45) is 10.0. The van der Waals surface area contributed by atoms with Crippen molar-refractivity contribution in [1.29, 1.82) is 0 Å². The van der Waals surface area contributed by atoms with E-state index in [1.165, 1.54) is 12.8 Å². The number of rotatable bonds is 3. The highest BCUT2D eigenvalue weighted by atomic mass is 16.3. The fourth-order valence-corrected chi connectivity index (χ4v) is 2.29. The Balaban J connectivity index is 1.89. The fraction of sp³-hybridized carbons (Fsp3) is 0.692. The van der Waals surface area contributed by atoms with Crippen molar-refractivity contribution >= 4 is 5.95 Å². The van der Waals surface area contributed by atoms with Crippen molar-refractivity contribution in [3.05, 3.63) is 18.0 Å². The second-order valence-electron chi connectivity index (χ2n) is 5.08. The van der Waals surface area contributed by atoms with E-state index in [0.29, 0.717) is 12.5 Å². The van der Waals surface area contributed by atoms with Gasteiger partial charge in [0.1, 0.15) is 0 Å². The Bertz CT molecular complexity index is 342. The molecule has 1 aliphatic rings. The first-order chi connectivity index (χ1) is 8.18. The first kappa shape index (κ1) is 12.3. The number of nitrogens with zero attached hydrogens (tertiary/aromatic N) is 2.